The zero-order chi connectivity index (χ0) is 11.5. The normalized spacial score (nSPS) is 18.3. The number of rotatable bonds is 2. The minimum absolute atomic E-state index is 0.00113. The summed E-state index contributed by atoms with van der Waals surface area (Å²) < 4.78 is 5.08. The van der Waals surface area contributed by atoms with Crippen LogP contribution in [0.1, 0.15) is 60.7 Å². The van der Waals surface area contributed by atoms with Crippen LogP contribution in [0, 0.1) is 0 Å². The number of oxazole rings is 1. The van der Waals surface area contributed by atoms with Crippen molar-refractivity contribution in [2.45, 2.75) is 44.4 Å². The molecule has 88 valence electrons. The maximum absolute atomic E-state index is 11.0. The molecule has 1 aromatic heterocycles. The van der Waals surface area contributed by atoms with Crippen molar-refractivity contribution in [1.82, 2.24) is 4.98 Å². The number of hydrogen-bond acceptors (Lipinski definition) is 3. The van der Waals surface area contributed by atoms with Crippen molar-refractivity contribution in [2.75, 3.05) is 0 Å². The number of aromatic carboxylic acids is 1. The van der Waals surface area contributed by atoms with Gasteiger partial charge in [0.1, 0.15) is 0 Å². The number of hydrogen-bond donors (Lipinski definition) is 1. The molecule has 0 radical (unpaired) electrons. The fraction of sp³-hybridized carbons (Fsp3) is 0.636. The van der Waals surface area contributed by atoms with Crippen LogP contribution < -0.4 is 0 Å². The lowest BCUT2D eigenvalue weighted by Crippen LogP contribution is -2.05. The van der Waals surface area contributed by atoms with Crippen LogP contribution in [0.25, 0.3) is 0 Å². The van der Waals surface area contributed by atoms with Crippen LogP contribution in [0.2, 0.25) is 0 Å². The SMILES string of the molecule is O=C(O)c1oc(Br)nc1C1CCCCCC1. The third-order valence-corrected chi connectivity index (χ3v) is 3.40. The van der Waals surface area contributed by atoms with Crippen molar-refractivity contribution in [1.29, 1.82) is 0 Å². The molecule has 5 heteroatoms. The molecule has 1 aromatic rings. The van der Waals surface area contributed by atoms with Crippen molar-refractivity contribution in [3.63, 3.8) is 0 Å². The lowest BCUT2D eigenvalue weighted by atomic mass is 9.95. The molecular weight excluding hydrogens is 274 g/mol. The molecule has 0 atom stereocenters. The van der Waals surface area contributed by atoms with E-state index in [1.54, 1.807) is 0 Å². The Kier molecular flexibility index (Phi) is 3.63. The van der Waals surface area contributed by atoms with Crippen LogP contribution in [0.3, 0.4) is 0 Å². The highest BCUT2D eigenvalue weighted by atomic mass is 79.9. The second-order valence-corrected chi connectivity index (χ2v) is 4.85. The summed E-state index contributed by atoms with van der Waals surface area (Å²) in [6.45, 7) is 0. The molecule has 4 nitrogen and oxygen atoms in total. The van der Waals surface area contributed by atoms with Gasteiger partial charge in [-0.15, -0.1) is 0 Å². The lowest BCUT2D eigenvalue weighted by molar-refractivity contribution is 0.0658. The number of carboxylic acids is 1. The summed E-state index contributed by atoms with van der Waals surface area (Å²) in [5.74, 6) is -0.792. The van der Waals surface area contributed by atoms with Crippen molar-refractivity contribution in [3.05, 3.63) is 16.3 Å². The maximum atomic E-state index is 11.0. The van der Waals surface area contributed by atoms with Gasteiger partial charge in [0, 0.05) is 21.8 Å². The Balaban J connectivity index is 2.26. The molecule has 1 aliphatic carbocycles. The van der Waals surface area contributed by atoms with Gasteiger partial charge in [-0.25, -0.2) is 9.78 Å². The molecule has 1 N–H and O–H groups in total. The zero-order valence-electron chi connectivity index (χ0n) is 8.91. The molecule has 1 saturated carbocycles. The van der Waals surface area contributed by atoms with Crippen LogP contribution in [0.5, 0.6) is 0 Å². The van der Waals surface area contributed by atoms with E-state index in [2.05, 4.69) is 20.9 Å². The number of carbonyl (C=O) groups is 1. The highest BCUT2D eigenvalue weighted by molar-refractivity contribution is 9.10. The largest absolute Gasteiger partial charge is 0.475 e. The van der Waals surface area contributed by atoms with E-state index >= 15 is 0 Å². The molecule has 1 fully saturated rings. The highest BCUT2D eigenvalue weighted by Crippen LogP contribution is 2.34. The number of nitrogens with zero attached hydrogens (tertiary/aromatic N) is 1. The predicted molar refractivity (Wildman–Crippen MR) is 61.6 cm³/mol. The first-order chi connectivity index (χ1) is 7.68. The average molecular weight is 288 g/mol. The summed E-state index contributed by atoms with van der Waals surface area (Å²) in [4.78, 5) is 15.4. The van der Waals surface area contributed by atoms with E-state index in [4.69, 9.17) is 9.52 Å². The van der Waals surface area contributed by atoms with Gasteiger partial charge in [0.15, 0.2) is 0 Å². The monoisotopic (exact) mass is 287 g/mol. The van der Waals surface area contributed by atoms with E-state index in [1.165, 1.54) is 12.8 Å². The maximum Gasteiger partial charge on any atom is 0.373 e. The van der Waals surface area contributed by atoms with E-state index in [-0.39, 0.29) is 16.5 Å². The average Bonchev–Trinajstić information content (AvgIpc) is 2.49. The third-order valence-electron chi connectivity index (χ3n) is 3.06. The third kappa shape index (κ3) is 2.45. The Bertz CT molecular complexity index is 381. The molecule has 1 heterocycles. The molecule has 16 heavy (non-hydrogen) atoms. The van der Waals surface area contributed by atoms with Gasteiger partial charge in [-0.3, -0.25) is 0 Å². The van der Waals surface area contributed by atoms with Gasteiger partial charge in [-0.1, -0.05) is 25.7 Å². The first-order valence-electron chi connectivity index (χ1n) is 5.58. The van der Waals surface area contributed by atoms with Crippen molar-refractivity contribution in [2.24, 2.45) is 0 Å². The molecule has 0 unspecified atom stereocenters. The number of halogens is 1. The molecule has 2 rings (SSSR count). The first-order valence-corrected chi connectivity index (χ1v) is 6.37. The molecule has 0 aliphatic heterocycles. The zero-order valence-corrected chi connectivity index (χ0v) is 10.5. The molecular formula is C11H14BrNO3. The molecule has 0 amide bonds. The van der Waals surface area contributed by atoms with Gasteiger partial charge in [0.25, 0.3) is 4.80 Å². The van der Waals surface area contributed by atoms with E-state index in [1.807, 2.05) is 0 Å². The Morgan fingerprint density at radius 3 is 2.50 bits per heavy atom. The summed E-state index contributed by atoms with van der Waals surface area (Å²) in [6, 6.07) is 0. The second-order valence-electron chi connectivity index (χ2n) is 4.17. The quantitative estimate of drug-likeness (QED) is 0.845. The van der Waals surface area contributed by atoms with Gasteiger partial charge in [0.05, 0.1) is 5.69 Å². The van der Waals surface area contributed by atoms with E-state index in [0.29, 0.717) is 5.69 Å². The Labute approximate surface area is 102 Å². The molecule has 0 bridgehead atoms. The summed E-state index contributed by atoms with van der Waals surface area (Å²) in [6.07, 6.45) is 6.79. The smallest absolute Gasteiger partial charge is 0.373 e. The first kappa shape index (κ1) is 11.6. The summed E-state index contributed by atoms with van der Waals surface area (Å²) in [5.41, 5.74) is 0.612. The van der Waals surface area contributed by atoms with Crippen molar-refractivity contribution < 1.29 is 14.3 Å². The van der Waals surface area contributed by atoms with Crippen LogP contribution in [-0.4, -0.2) is 16.1 Å². The minimum atomic E-state index is -1.03. The molecule has 0 saturated heterocycles. The topological polar surface area (TPSA) is 63.3 Å². The van der Waals surface area contributed by atoms with Crippen LogP contribution in [0.15, 0.2) is 9.22 Å². The van der Waals surface area contributed by atoms with E-state index < -0.39 is 5.97 Å². The molecule has 0 aromatic carbocycles. The number of carboxylic acid groups (broad SMARTS) is 1. The van der Waals surface area contributed by atoms with Gasteiger partial charge in [-0.05, 0) is 12.8 Å². The second kappa shape index (κ2) is 4.99. The molecule has 1 aliphatic rings. The van der Waals surface area contributed by atoms with Crippen LogP contribution in [-0.2, 0) is 0 Å². The van der Waals surface area contributed by atoms with Crippen molar-refractivity contribution in [3.8, 4) is 0 Å². The van der Waals surface area contributed by atoms with E-state index in [0.717, 1.165) is 25.7 Å². The van der Waals surface area contributed by atoms with Crippen LogP contribution >= 0.6 is 15.9 Å². The predicted octanol–water partition coefficient (Wildman–Crippen LogP) is 3.57. The van der Waals surface area contributed by atoms with Gasteiger partial charge in [0.2, 0.25) is 5.76 Å². The summed E-state index contributed by atoms with van der Waals surface area (Å²) in [7, 11) is 0. The van der Waals surface area contributed by atoms with Gasteiger partial charge in [-0.2, -0.15) is 0 Å². The fourth-order valence-corrected chi connectivity index (χ4v) is 2.64. The Morgan fingerprint density at radius 1 is 1.31 bits per heavy atom. The highest BCUT2D eigenvalue weighted by Gasteiger charge is 2.26. The van der Waals surface area contributed by atoms with E-state index in [9.17, 15) is 4.79 Å². The summed E-state index contributed by atoms with van der Waals surface area (Å²) >= 11 is 3.10. The lowest BCUT2D eigenvalue weighted by Gasteiger charge is -2.10. The fourth-order valence-electron chi connectivity index (χ4n) is 2.29. The minimum Gasteiger partial charge on any atom is -0.475 e. The van der Waals surface area contributed by atoms with Crippen molar-refractivity contribution >= 4 is 21.9 Å². The number of aromatic nitrogens is 1. The molecule has 0 spiro atoms. The van der Waals surface area contributed by atoms with Crippen LogP contribution in [0.4, 0.5) is 0 Å². The van der Waals surface area contributed by atoms with Gasteiger partial charge < -0.3 is 9.52 Å². The van der Waals surface area contributed by atoms with Gasteiger partial charge >= 0.3 is 5.97 Å². The Hall–Kier alpha value is -0.840. The summed E-state index contributed by atoms with van der Waals surface area (Å²) in [5, 5.41) is 9.03. The Morgan fingerprint density at radius 2 is 1.94 bits per heavy atom. The standard InChI is InChI=1S/C11H14BrNO3/c12-11-13-8(9(16-11)10(14)15)7-5-3-1-2-4-6-7/h7H,1-6H2,(H,14,15).